The van der Waals surface area contributed by atoms with Gasteiger partial charge in [0.15, 0.2) is 11.5 Å². The van der Waals surface area contributed by atoms with Crippen LogP contribution < -0.4 is 14.8 Å². The van der Waals surface area contributed by atoms with Gasteiger partial charge in [0.05, 0.1) is 27.4 Å². The number of aryl methyl sites for hydroxylation is 1. The van der Waals surface area contributed by atoms with Gasteiger partial charge in [0.25, 0.3) is 0 Å². The minimum absolute atomic E-state index is 0.133. The van der Waals surface area contributed by atoms with Crippen LogP contribution >= 0.6 is 0 Å². The third-order valence-corrected chi connectivity index (χ3v) is 6.11. The molecule has 0 saturated heterocycles. The van der Waals surface area contributed by atoms with Crippen molar-refractivity contribution in [2.45, 2.75) is 26.1 Å². The van der Waals surface area contributed by atoms with Crippen molar-refractivity contribution in [1.82, 2.24) is 4.98 Å². The Morgan fingerprint density at radius 1 is 0.857 bits per heavy atom. The van der Waals surface area contributed by atoms with E-state index in [1.165, 1.54) is 0 Å². The maximum Gasteiger partial charge on any atom is 0.161 e. The summed E-state index contributed by atoms with van der Waals surface area (Å²) >= 11 is 0. The second-order valence-corrected chi connectivity index (χ2v) is 8.17. The van der Waals surface area contributed by atoms with Crippen LogP contribution in [0.1, 0.15) is 23.1 Å². The average Bonchev–Trinajstić information content (AvgIpc) is 2.90. The lowest BCUT2D eigenvalue weighted by molar-refractivity contribution is 0.260. The molecule has 35 heavy (non-hydrogen) atoms. The highest BCUT2D eigenvalue weighted by Crippen LogP contribution is 2.41. The predicted octanol–water partition coefficient (Wildman–Crippen LogP) is 4.57. The van der Waals surface area contributed by atoms with Gasteiger partial charge < -0.3 is 30.1 Å². The quantitative estimate of drug-likeness (QED) is 0.267. The van der Waals surface area contributed by atoms with Crippen LogP contribution in [-0.4, -0.2) is 41.1 Å². The zero-order valence-corrected chi connectivity index (χ0v) is 19.9. The maximum absolute atomic E-state index is 10.3. The standard InChI is InChI=1S/C28H30N2O5/c1-34-25-13-20-12-21(16-32)23(17-33)28(22(20)15-26(25)35-2)19-9-10-29-27(14-19)30-24-8-4-3-6-18(24)7-5-11-31/h3-4,6,8-10,12-15,31-33H,5,7,11,16-17H2,1-2H3,(H,29,30). The largest absolute Gasteiger partial charge is 0.493 e. The molecular formula is C28H30N2O5. The number of hydrogen-bond donors (Lipinski definition) is 4. The van der Waals surface area contributed by atoms with Gasteiger partial charge in [-0.05, 0) is 87.8 Å². The fourth-order valence-corrected chi connectivity index (χ4v) is 4.40. The first-order valence-electron chi connectivity index (χ1n) is 11.5. The van der Waals surface area contributed by atoms with Crippen LogP contribution in [0.15, 0.2) is 60.8 Å². The highest BCUT2D eigenvalue weighted by molar-refractivity contribution is 6.01. The molecule has 0 aliphatic carbocycles. The van der Waals surface area contributed by atoms with E-state index < -0.39 is 0 Å². The zero-order chi connectivity index (χ0) is 24.8. The van der Waals surface area contributed by atoms with E-state index in [2.05, 4.69) is 10.3 Å². The Labute approximate surface area is 204 Å². The number of nitrogens with one attached hydrogen (secondary N) is 1. The fraction of sp³-hybridized carbons (Fsp3) is 0.250. The topological polar surface area (TPSA) is 104 Å². The molecule has 0 radical (unpaired) electrons. The first-order valence-corrected chi connectivity index (χ1v) is 11.5. The number of hydrogen-bond acceptors (Lipinski definition) is 7. The molecule has 4 aromatic rings. The first kappa shape index (κ1) is 24.5. The SMILES string of the molecule is COc1cc2cc(CO)c(CO)c(-c3ccnc(Nc4ccccc4CCCO)c3)c2cc1OC. The van der Waals surface area contributed by atoms with Crippen molar-refractivity contribution in [2.24, 2.45) is 0 Å². The van der Waals surface area contributed by atoms with Gasteiger partial charge in [-0.15, -0.1) is 0 Å². The minimum Gasteiger partial charge on any atom is -0.493 e. The number of aliphatic hydroxyl groups is 3. The van der Waals surface area contributed by atoms with Crippen LogP contribution in [0.4, 0.5) is 11.5 Å². The van der Waals surface area contributed by atoms with E-state index in [4.69, 9.17) is 9.47 Å². The Hall–Kier alpha value is -3.65. The number of fused-ring (bicyclic) bond motifs is 1. The third kappa shape index (κ3) is 5.07. The molecule has 0 atom stereocenters. The van der Waals surface area contributed by atoms with Crippen LogP contribution in [0, 0.1) is 0 Å². The monoisotopic (exact) mass is 474 g/mol. The van der Waals surface area contributed by atoms with Gasteiger partial charge in [-0.1, -0.05) is 18.2 Å². The molecule has 1 heterocycles. The van der Waals surface area contributed by atoms with Crippen LogP contribution in [0.5, 0.6) is 11.5 Å². The number of ether oxygens (including phenoxy) is 2. The summed E-state index contributed by atoms with van der Waals surface area (Å²) in [5.41, 5.74) is 4.94. The van der Waals surface area contributed by atoms with E-state index >= 15 is 0 Å². The second kappa shape index (κ2) is 11.2. The molecule has 0 unspecified atom stereocenters. The van der Waals surface area contributed by atoms with Gasteiger partial charge in [0.1, 0.15) is 5.82 Å². The highest BCUT2D eigenvalue weighted by Gasteiger charge is 2.18. The molecule has 3 aromatic carbocycles. The number of para-hydroxylation sites is 1. The van der Waals surface area contributed by atoms with Crippen molar-refractivity contribution in [3.8, 4) is 22.6 Å². The Morgan fingerprint density at radius 2 is 1.63 bits per heavy atom. The van der Waals surface area contributed by atoms with Crippen LogP contribution in [0.2, 0.25) is 0 Å². The Morgan fingerprint density at radius 3 is 2.34 bits per heavy atom. The van der Waals surface area contributed by atoms with Crippen LogP contribution in [0.25, 0.3) is 21.9 Å². The molecule has 0 aliphatic rings. The van der Waals surface area contributed by atoms with Gasteiger partial charge in [-0.25, -0.2) is 4.98 Å². The van der Waals surface area contributed by atoms with Crippen molar-refractivity contribution in [1.29, 1.82) is 0 Å². The summed E-state index contributed by atoms with van der Waals surface area (Å²) in [6.45, 7) is -0.305. The first-order chi connectivity index (χ1) is 17.1. The molecule has 0 spiro atoms. The van der Waals surface area contributed by atoms with Crippen LogP contribution in [-0.2, 0) is 19.6 Å². The Balaban J connectivity index is 1.86. The molecule has 4 rings (SSSR count). The molecule has 182 valence electrons. The molecule has 7 heteroatoms. The Kier molecular flexibility index (Phi) is 7.82. The van der Waals surface area contributed by atoms with Gasteiger partial charge in [-0.3, -0.25) is 0 Å². The molecule has 4 N–H and O–H groups in total. The summed E-state index contributed by atoms with van der Waals surface area (Å²) < 4.78 is 11.0. The van der Waals surface area contributed by atoms with Crippen molar-refractivity contribution < 1.29 is 24.8 Å². The molecule has 1 aromatic heterocycles. The molecule has 0 saturated carbocycles. The van der Waals surface area contributed by atoms with Gasteiger partial charge >= 0.3 is 0 Å². The molecule has 0 bridgehead atoms. The normalized spacial score (nSPS) is 11.0. The van der Waals surface area contributed by atoms with Gasteiger partial charge in [-0.2, -0.15) is 0 Å². The molecule has 0 fully saturated rings. The number of nitrogens with zero attached hydrogens (tertiary/aromatic N) is 1. The summed E-state index contributed by atoms with van der Waals surface area (Å²) in [5, 5.41) is 34.7. The third-order valence-electron chi connectivity index (χ3n) is 6.11. The highest BCUT2D eigenvalue weighted by atomic mass is 16.5. The fourth-order valence-electron chi connectivity index (χ4n) is 4.40. The molecule has 7 nitrogen and oxygen atoms in total. The van der Waals surface area contributed by atoms with Crippen molar-refractivity contribution in [3.63, 3.8) is 0 Å². The van der Waals surface area contributed by atoms with E-state index in [1.54, 1.807) is 20.4 Å². The number of anilines is 2. The zero-order valence-electron chi connectivity index (χ0n) is 19.9. The smallest absolute Gasteiger partial charge is 0.161 e. The number of rotatable bonds is 10. The van der Waals surface area contributed by atoms with Crippen molar-refractivity contribution in [3.05, 3.63) is 77.5 Å². The predicted molar refractivity (Wildman–Crippen MR) is 137 cm³/mol. The van der Waals surface area contributed by atoms with Crippen LogP contribution in [0.3, 0.4) is 0 Å². The van der Waals surface area contributed by atoms with Crippen molar-refractivity contribution >= 4 is 22.3 Å². The average molecular weight is 475 g/mol. The number of aromatic nitrogens is 1. The minimum atomic E-state index is -0.232. The summed E-state index contributed by atoms with van der Waals surface area (Å²) in [6, 6.07) is 17.4. The lowest BCUT2D eigenvalue weighted by Gasteiger charge is -2.19. The molecular weight excluding hydrogens is 444 g/mol. The number of methoxy groups -OCH3 is 2. The number of aliphatic hydroxyl groups excluding tert-OH is 3. The van der Waals surface area contributed by atoms with E-state index in [0.717, 1.165) is 39.6 Å². The van der Waals surface area contributed by atoms with E-state index in [1.807, 2.05) is 54.6 Å². The lowest BCUT2D eigenvalue weighted by Crippen LogP contribution is -2.02. The van der Waals surface area contributed by atoms with Crippen molar-refractivity contribution in [2.75, 3.05) is 26.1 Å². The summed E-state index contributed by atoms with van der Waals surface area (Å²) in [7, 11) is 3.17. The summed E-state index contributed by atoms with van der Waals surface area (Å²) in [5.74, 6) is 1.81. The number of benzene rings is 3. The lowest BCUT2D eigenvalue weighted by atomic mass is 9.90. The van der Waals surface area contributed by atoms with E-state index in [0.29, 0.717) is 34.9 Å². The van der Waals surface area contributed by atoms with Gasteiger partial charge in [0.2, 0.25) is 0 Å². The second-order valence-electron chi connectivity index (χ2n) is 8.17. The summed E-state index contributed by atoms with van der Waals surface area (Å²) in [4.78, 5) is 4.50. The molecule has 0 aliphatic heterocycles. The Bertz CT molecular complexity index is 1320. The van der Waals surface area contributed by atoms with E-state index in [-0.39, 0.29) is 19.8 Å². The summed E-state index contributed by atoms with van der Waals surface area (Å²) in [6.07, 6.45) is 3.14. The van der Waals surface area contributed by atoms with Gasteiger partial charge in [0, 0.05) is 18.5 Å². The van der Waals surface area contributed by atoms with E-state index in [9.17, 15) is 15.3 Å². The number of pyridine rings is 1. The maximum atomic E-state index is 10.3. The molecule has 0 amide bonds.